The highest BCUT2D eigenvalue weighted by molar-refractivity contribution is 5.95. The highest BCUT2D eigenvalue weighted by Crippen LogP contribution is 2.28. The van der Waals surface area contributed by atoms with Gasteiger partial charge in [0.1, 0.15) is 23.0 Å². The first-order chi connectivity index (χ1) is 25.1. The number of carbonyl (C=O) groups excluding carboxylic acids is 1. The van der Waals surface area contributed by atoms with Gasteiger partial charge in [0.25, 0.3) is 5.56 Å². The molecule has 2 aromatic heterocycles. The topological polar surface area (TPSA) is 122 Å². The van der Waals surface area contributed by atoms with E-state index in [4.69, 9.17) is 4.74 Å². The van der Waals surface area contributed by atoms with E-state index in [1.807, 2.05) is 30.0 Å². The number of nitrogens with zero attached hydrogens (tertiary/aromatic N) is 4. The van der Waals surface area contributed by atoms with Crippen LogP contribution in [0.15, 0.2) is 81.2 Å². The average Bonchev–Trinajstić information content (AvgIpc) is 3.12. The van der Waals surface area contributed by atoms with Crippen LogP contribution in [0.3, 0.4) is 0 Å². The Kier molecular flexibility index (Phi) is 11.0. The lowest BCUT2D eigenvalue weighted by Crippen LogP contribution is -2.47. The van der Waals surface area contributed by atoms with E-state index >= 15 is 4.39 Å². The number of esters is 1. The molecule has 52 heavy (non-hydrogen) atoms. The highest BCUT2D eigenvalue weighted by Gasteiger charge is 2.24. The number of pyridine rings is 1. The fourth-order valence-corrected chi connectivity index (χ4v) is 6.69. The largest absolute Gasteiger partial charge is 0.462 e. The number of ether oxygens (including phenoxy) is 1. The zero-order chi connectivity index (χ0) is 36.9. The van der Waals surface area contributed by atoms with Gasteiger partial charge in [-0.1, -0.05) is 13.0 Å². The zero-order valence-electron chi connectivity index (χ0n) is 29.5. The number of H-pyrrole nitrogens is 1. The minimum Gasteiger partial charge on any atom is -0.462 e. The van der Waals surface area contributed by atoms with Crippen LogP contribution in [-0.2, 0) is 17.7 Å². The predicted molar refractivity (Wildman–Crippen MR) is 198 cm³/mol. The van der Waals surface area contributed by atoms with Crippen LogP contribution in [0, 0.1) is 18.6 Å². The lowest BCUT2D eigenvalue weighted by Gasteiger charge is -2.36. The fraction of sp³-hybridized carbons (Fsp3) is 0.333. The minimum atomic E-state index is -0.818. The summed E-state index contributed by atoms with van der Waals surface area (Å²) in [5.74, 6) is -1.41. The van der Waals surface area contributed by atoms with E-state index in [1.54, 1.807) is 22.1 Å². The van der Waals surface area contributed by atoms with Crippen molar-refractivity contribution in [2.45, 2.75) is 46.6 Å². The second-order valence-corrected chi connectivity index (χ2v) is 12.9. The van der Waals surface area contributed by atoms with Gasteiger partial charge >= 0.3 is 11.7 Å². The number of hydrogen-bond acceptors (Lipinski definition) is 8. The predicted octanol–water partition coefficient (Wildman–Crippen LogP) is 5.51. The summed E-state index contributed by atoms with van der Waals surface area (Å²) in [6.07, 6.45) is 3.73. The number of fused-ring (bicyclic) bond motifs is 1. The van der Waals surface area contributed by atoms with Gasteiger partial charge in [0.05, 0.1) is 17.8 Å². The maximum absolute atomic E-state index is 15.7. The molecule has 13 heteroatoms. The molecule has 11 nitrogen and oxygen atoms in total. The van der Waals surface area contributed by atoms with Gasteiger partial charge in [0, 0.05) is 61.7 Å². The van der Waals surface area contributed by atoms with Gasteiger partial charge in [-0.25, -0.2) is 18.4 Å². The summed E-state index contributed by atoms with van der Waals surface area (Å²) in [5, 5.41) is 3.27. The molecule has 1 aliphatic rings. The Morgan fingerprint density at radius 3 is 2.35 bits per heavy atom. The molecule has 0 atom stereocenters. The summed E-state index contributed by atoms with van der Waals surface area (Å²) in [6.45, 7) is 9.42. The molecular formula is C39H42F2N6O5. The fourth-order valence-electron chi connectivity index (χ4n) is 6.69. The summed E-state index contributed by atoms with van der Waals surface area (Å²) in [7, 11) is 0. The molecular weight excluding hydrogens is 670 g/mol. The van der Waals surface area contributed by atoms with E-state index in [9.17, 15) is 23.6 Å². The third-order valence-corrected chi connectivity index (χ3v) is 9.53. The molecule has 0 unspecified atom stereocenters. The molecule has 0 aliphatic carbocycles. The molecule has 0 bridgehead atoms. The second kappa shape index (κ2) is 15.8. The van der Waals surface area contributed by atoms with Gasteiger partial charge in [0.2, 0.25) is 5.43 Å². The number of benzene rings is 3. The van der Waals surface area contributed by atoms with E-state index in [0.29, 0.717) is 61.9 Å². The molecule has 1 fully saturated rings. The van der Waals surface area contributed by atoms with Crippen molar-refractivity contribution >= 4 is 34.1 Å². The summed E-state index contributed by atoms with van der Waals surface area (Å²) in [6, 6.07) is 15.7. The Morgan fingerprint density at radius 1 is 0.904 bits per heavy atom. The van der Waals surface area contributed by atoms with Gasteiger partial charge in [-0.15, -0.1) is 0 Å². The Labute approximate surface area is 299 Å². The van der Waals surface area contributed by atoms with Crippen LogP contribution < -0.4 is 26.9 Å². The molecule has 5 aromatic rings. The van der Waals surface area contributed by atoms with Crippen LogP contribution in [0.1, 0.15) is 48.2 Å². The third-order valence-electron chi connectivity index (χ3n) is 9.53. The molecule has 1 aliphatic heterocycles. The smallest absolute Gasteiger partial charge is 0.343 e. The van der Waals surface area contributed by atoms with Crippen LogP contribution in [0.4, 0.5) is 26.0 Å². The number of unbranched alkanes of at least 4 members (excludes halogenated alkanes) is 1. The van der Waals surface area contributed by atoms with Gasteiger partial charge < -0.3 is 19.5 Å². The van der Waals surface area contributed by atoms with Crippen LogP contribution in [0.5, 0.6) is 0 Å². The van der Waals surface area contributed by atoms with Crippen molar-refractivity contribution in [3.8, 4) is 5.69 Å². The van der Waals surface area contributed by atoms with Crippen molar-refractivity contribution in [3.05, 3.63) is 126 Å². The molecule has 6 rings (SSSR count). The SMILES string of the molecule is CCOC(=O)c1cn(-c2ccc(F)cc2)c2cc(N3CCN(CCCCn4c(Nc5ccc(C)c(CC)c5)cc(=O)[nH]c4=O)CC3)c(F)cc2c1=O. The molecule has 0 radical (unpaired) electrons. The molecule has 1 saturated heterocycles. The molecule has 3 heterocycles. The maximum Gasteiger partial charge on any atom is 0.343 e. The summed E-state index contributed by atoms with van der Waals surface area (Å²) >= 11 is 0. The van der Waals surface area contributed by atoms with E-state index in [0.717, 1.165) is 31.1 Å². The van der Waals surface area contributed by atoms with Crippen molar-refractivity contribution in [3.63, 3.8) is 0 Å². The third kappa shape index (κ3) is 7.84. The van der Waals surface area contributed by atoms with Crippen molar-refractivity contribution in [1.29, 1.82) is 0 Å². The first kappa shape index (κ1) is 36.2. The molecule has 272 valence electrons. The molecule has 3 aromatic carbocycles. The van der Waals surface area contributed by atoms with E-state index in [1.165, 1.54) is 47.7 Å². The number of rotatable bonds is 12. The van der Waals surface area contributed by atoms with Crippen molar-refractivity contribution in [2.75, 3.05) is 49.5 Å². The molecule has 2 N–H and O–H groups in total. The zero-order valence-corrected chi connectivity index (χ0v) is 29.5. The number of aromatic nitrogens is 3. The Hall–Kier alpha value is -5.56. The monoisotopic (exact) mass is 712 g/mol. The van der Waals surface area contributed by atoms with Gasteiger partial charge in [-0.2, -0.15) is 0 Å². The molecule has 0 saturated carbocycles. The van der Waals surface area contributed by atoms with E-state index in [-0.39, 0.29) is 17.6 Å². The number of aromatic amines is 1. The number of anilines is 3. The van der Waals surface area contributed by atoms with E-state index < -0.39 is 34.3 Å². The first-order valence-electron chi connectivity index (χ1n) is 17.6. The van der Waals surface area contributed by atoms with E-state index in [2.05, 4.69) is 22.1 Å². The first-order valence-corrected chi connectivity index (χ1v) is 17.6. The standard InChI is InChI=1S/C39H42F2N6O5/c1-4-26-20-28(11-8-25(26)3)42-35-23-36(48)43-39(51)46(35)15-7-6-14-44-16-18-45(19-17-44)34-22-33-30(21-32(34)41)37(49)31(38(50)52-5-2)24-47(33)29-12-9-27(40)10-13-29/h8-13,20-24,42H,4-7,14-19H2,1-3H3,(H,43,48,51). The number of halogens is 2. The quantitative estimate of drug-likeness (QED) is 0.128. The van der Waals surface area contributed by atoms with Crippen molar-refractivity contribution in [2.24, 2.45) is 0 Å². The van der Waals surface area contributed by atoms with Gasteiger partial charge in [-0.05, 0) is 99.3 Å². The summed E-state index contributed by atoms with van der Waals surface area (Å²) in [5.41, 5.74) is 2.54. The number of hydrogen-bond donors (Lipinski definition) is 2. The Balaban J connectivity index is 1.13. The number of aryl methyl sites for hydroxylation is 2. The van der Waals surface area contributed by atoms with Crippen molar-refractivity contribution < 1.29 is 18.3 Å². The van der Waals surface area contributed by atoms with Gasteiger partial charge in [0.15, 0.2) is 0 Å². The Morgan fingerprint density at radius 2 is 1.63 bits per heavy atom. The molecule has 0 spiro atoms. The summed E-state index contributed by atoms with van der Waals surface area (Å²) < 4.78 is 37.7. The maximum atomic E-state index is 15.7. The summed E-state index contributed by atoms with van der Waals surface area (Å²) in [4.78, 5) is 57.5. The second-order valence-electron chi connectivity index (χ2n) is 12.9. The van der Waals surface area contributed by atoms with Crippen LogP contribution in [-0.4, -0.2) is 64.3 Å². The normalized spacial score (nSPS) is 13.4. The molecule has 0 amide bonds. The van der Waals surface area contributed by atoms with Crippen LogP contribution in [0.25, 0.3) is 16.6 Å². The Bertz CT molecular complexity index is 2270. The van der Waals surface area contributed by atoms with Crippen molar-refractivity contribution in [1.82, 2.24) is 19.0 Å². The highest BCUT2D eigenvalue weighted by atomic mass is 19.1. The lowest BCUT2D eigenvalue weighted by molar-refractivity contribution is 0.0524. The lowest BCUT2D eigenvalue weighted by atomic mass is 10.1. The average molecular weight is 713 g/mol. The number of carbonyl (C=O) groups is 1. The van der Waals surface area contributed by atoms with Crippen LogP contribution in [0.2, 0.25) is 0 Å². The number of nitrogens with one attached hydrogen (secondary N) is 2. The van der Waals surface area contributed by atoms with Gasteiger partial charge in [-0.3, -0.25) is 24.0 Å². The van der Waals surface area contributed by atoms with Crippen LogP contribution >= 0.6 is 0 Å². The minimum absolute atomic E-state index is 0.0132. The number of piperazine rings is 1.